The van der Waals surface area contributed by atoms with Gasteiger partial charge in [-0.15, -0.1) is 0 Å². The van der Waals surface area contributed by atoms with Gasteiger partial charge in [0.25, 0.3) is 0 Å². The Morgan fingerprint density at radius 1 is 1.50 bits per heavy atom. The highest BCUT2D eigenvalue weighted by Gasteiger charge is 2.20. The lowest BCUT2D eigenvalue weighted by Crippen LogP contribution is -2.28. The molecule has 0 aliphatic carbocycles. The summed E-state index contributed by atoms with van der Waals surface area (Å²) in [5.74, 6) is 3.42. The van der Waals surface area contributed by atoms with Crippen LogP contribution in [0.5, 0.6) is 0 Å². The fourth-order valence-electron chi connectivity index (χ4n) is 1.97. The van der Waals surface area contributed by atoms with Gasteiger partial charge in [0.15, 0.2) is 5.17 Å². The summed E-state index contributed by atoms with van der Waals surface area (Å²) in [6, 6.07) is 0.557. The average Bonchev–Trinajstić information content (AvgIpc) is 2.84. The number of nitrogens with one attached hydrogen (secondary N) is 1. The average molecular weight is 267 g/mol. The molecule has 1 aromatic heterocycles. The molecule has 0 saturated carbocycles. The first-order valence-electron chi connectivity index (χ1n) is 6.41. The molecule has 1 aliphatic rings. The molecule has 1 N–H and O–H groups in total. The predicted octanol–water partition coefficient (Wildman–Crippen LogP) is 2.90. The molecule has 0 bridgehead atoms. The highest BCUT2D eigenvalue weighted by Crippen LogP contribution is 2.19. The first-order chi connectivity index (χ1) is 8.54. The van der Waals surface area contributed by atoms with E-state index in [2.05, 4.69) is 29.1 Å². The zero-order chi connectivity index (χ0) is 13.1. The van der Waals surface area contributed by atoms with Gasteiger partial charge in [-0.2, -0.15) is 0 Å². The van der Waals surface area contributed by atoms with Gasteiger partial charge in [0, 0.05) is 11.8 Å². The number of nitrogens with zero attached hydrogens (tertiary/aromatic N) is 2. The number of amidine groups is 1. The van der Waals surface area contributed by atoms with Crippen molar-refractivity contribution < 1.29 is 4.42 Å². The van der Waals surface area contributed by atoms with Gasteiger partial charge in [0.05, 0.1) is 5.69 Å². The molecule has 1 aromatic rings. The lowest BCUT2D eigenvalue weighted by molar-refractivity contribution is 0.472. The van der Waals surface area contributed by atoms with E-state index in [9.17, 15) is 0 Å². The minimum Gasteiger partial charge on any atom is -0.444 e. The van der Waals surface area contributed by atoms with Crippen LogP contribution in [0.3, 0.4) is 0 Å². The number of thioether (sulfide) groups is 1. The van der Waals surface area contributed by atoms with E-state index in [0.29, 0.717) is 18.5 Å². The molecule has 1 atom stereocenters. The molecule has 0 aromatic carbocycles. The molecule has 1 aliphatic heterocycles. The highest BCUT2D eigenvalue weighted by atomic mass is 32.2. The number of aromatic nitrogens is 1. The maximum Gasteiger partial charge on any atom is 0.216 e. The zero-order valence-electron chi connectivity index (χ0n) is 11.5. The summed E-state index contributed by atoms with van der Waals surface area (Å²) in [5, 5.41) is 4.48. The molecule has 18 heavy (non-hydrogen) atoms. The third-order valence-electron chi connectivity index (χ3n) is 2.94. The van der Waals surface area contributed by atoms with E-state index in [0.717, 1.165) is 28.3 Å². The molecular weight excluding hydrogens is 246 g/mol. The first-order valence-corrected chi connectivity index (χ1v) is 7.40. The Labute approximate surface area is 113 Å². The summed E-state index contributed by atoms with van der Waals surface area (Å²) < 4.78 is 5.51. The van der Waals surface area contributed by atoms with Crippen molar-refractivity contribution in [3.63, 3.8) is 0 Å². The fourth-order valence-corrected chi connectivity index (χ4v) is 2.96. The minimum absolute atomic E-state index is 0.526. The van der Waals surface area contributed by atoms with Crippen molar-refractivity contribution in [3.8, 4) is 0 Å². The zero-order valence-corrected chi connectivity index (χ0v) is 12.3. The normalized spacial score (nSPS) is 21.8. The van der Waals surface area contributed by atoms with Crippen LogP contribution in [0.1, 0.15) is 37.6 Å². The Balaban J connectivity index is 1.87. The van der Waals surface area contributed by atoms with Gasteiger partial charge < -0.3 is 9.73 Å². The molecule has 1 unspecified atom stereocenters. The largest absolute Gasteiger partial charge is 0.444 e. The lowest BCUT2D eigenvalue weighted by Gasteiger charge is -2.11. The molecule has 100 valence electrons. The summed E-state index contributed by atoms with van der Waals surface area (Å²) in [4.78, 5) is 8.85. The molecule has 1 saturated heterocycles. The number of rotatable bonds is 4. The van der Waals surface area contributed by atoms with Crippen LogP contribution in [-0.2, 0) is 6.54 Å². The summed E-state index contributed by atoms with van der Waals surface area (Å²) in [7, 11) is 0. The predicted molar refractivity (Wildman–Crippen MR) is 76.0 cm³/mol. The van der Waals surface area contributed by atoms with Crippen LogP contribution in [0.25, 0.3) is 0 Å². The van der Waals surface area contributed by atoms with Gasteiger partial charge in [0.2, 0.25) is 5.89 Å². The number of hydrogen-bond acceptors (Lipinski definition) is 4. The number of aryl methyl sites for hydroxylation is 2. The fraction of sp³-hybridized carbons (Fsp3) is 0.692. The summed E-state index contributed by atoms with van der Waals surface area (Å²) >= 11 is 1.79. The van der Waals surface area contributed by atoms with E-state index in [1.54, 1.807) is 11.8 Å². The Kier molecular flexibility index (Phi) is 4.32. The number of aliphatic imine (C=N–C) groups is 1. The van der Waals surface area contributed by atoms with E-state index < -0.39 is 0 Å². The van der Waals surface area contributed by atoms with Crippen molar-refractivity contribution in [1.29, 1.82) is 0 Å². The number of oxazole rings is 1. The standard InChI is InChI=1S/C13H21N3OS/c1-8(2)5-11-7-18-13(16-11)14-6-12-15-9(3)10(4)17-12/h8,11H,5-7H2,1-4H3,(H,14,16). The van der Waals surface area contributed by atoms with E-state index in [-0.39, 0.29) is 0 Å². The molecule has 0 spiro atoms. The van der Waals surface area contributed by atoms with Crippen LogP contribution < -0.4 is 5.32 Å². The Morgan fingerprint density at radius 2 is 2.28 bits per heavy atom. The summed E-state index contributed by atoms with van der Waals surface area (Å²) in [6.07, 6.45) is 1.20. The smallest absolute Gasteiger partial charge is 0.216 e. The van der Waals surface area contributed by atoms with Crippen molar-refractivity contribution in [2.75, 3.05) is 5.75 Å². The van der Waals surface area contributed by atoms with Gasteiger partial charge in [0.1, 0.15) is 12.3 Å². The Hall–Kier alpha value is -0.970. The summed E-state index contributed by atoms with van der Waals surface area (Å²) in [6.45, 7) is 8.91. The van der Waals surface area contributed by atoms with Crippen LogP contribution in [0.2, 0.25) is 0 Å². The number of hydrogen-bond donors (Lipinski definition) is 1. The molecular formula is C13H21N3OS. The quantitative estimate of drug-likeness (QED) is 0.911. The van der Waals surface area contributed by atoms with Gasteiger partial charge in [-0.1, -0.05) is 25.6 Å². The molecule has 0 radical (unpaired) electrons. The maximum absolute atomic E-state index is 5.51. The first kappa shape index (κ1) is 13.5. The van der Waals surface area contributed by atoms with Gasteiger partial charge in [-0.25, -0.2) is 4.98 Å². The molecule has 1 fully saturated rings. The van der Waals surface area contributed by atoms with Crippen LogP contribution >= 0.6 is 11.8 Å². The van der Waals surface area contributed by atoms with Gasteiger partial charge in [-0.3, -0.25) is 4.99 Å². The van der Waals surface area contributed by atoms with E-state index in [1.165, 1.54) is 6.42 Å². The third kappa shape index (κ3) is 3.51. The lowest BCUT2D eigenvalue weighted by atomic mass is 10.1. The Bertz CT molecular complexity index is 420. The van der Waals surface area contributed by atoms with E-state index in [1.807, 2.05) is 13.8 Å². The van der Waals surface area contributed by atoms with Gasteiger partial charge in [-0.05, 0) is 26.2 Å². The van der Waals surface area contributed by atoms with Crippen molar-refractivity contribution in [2.24, 2.45) is 10.9 Å². The van der Waals surface area contributed by atoms with E-state index >= 15 is 0 Å². The van der Waals surface area contributed by atoms with Crippen molar-refractivity contribution >= 4 is 16.9 Å². The van der Waals surface area contributed by atoms with Crippen molar-refractivity contribution in [2.45, 2.75) is 46.7 Å². The molecule has 5 heteroatoms. The SMILES string of the molecule is Cc1nc(CN=C2NC(CC(C)C)CS2)oc1C. The second-order valence-corrected chi connectivity index (χ2v) is 6.16. The molecule has 0 amide bonds. The topological polar surface area (TPSA) is 50.4 Å². The monoisotopic (exact) mass is 267 g/mol. The second-order valence-electron chi connectivity index (χ2n) is 5.15. The van der Waals surface area contributed by atoms with Crippen LogP contribution in [0.4, 0.5) is 0 Å². The van der Waals surface area contributed by atoms with E-state index in [4.69, 9.17) is 4.42 Å². The van der Waals surface area contributed by atoms with Gasteiger partial charge >= 0.3 is 0 Å². The Morgan fingerprint density at radius 3 is 2.89 bits per heavy atom. The molecule has 4 nitrogen and oxygen atoms in total. The highest BCUT2D eigenvalue weighted by molar-refractivity contribution is 8.14. The third-order valence-corrected chi connectivity index (χ3v) is 4.02. The second kappa shape index (κ2) is 5.78. The molecule has 2 rings (SSSR count). The maximum atomic E-state index is 5.51. The van der Waals surface area contributed by atoms with Crippen LogP contribution in [-0.4, -0.2) is 21.9 Å². The van der Waals surface area contributed by atoms with Crippen LogP contribution in [0, 0.1) is 19.8 Å². The van der Waals surface area contributed by atoms with Crippen molar-refractivity contribution in [3.05, 3.63) is 17.3 Å². The van der Waals surface area contributed by atoms with Crippen LogP contribution in [0.15, 0.2) is 9.41 Å². The summed E-state index contributed by atoms with van der Waals surface area (Å²) in [5.41, 5.74) is 0.954. The molecule has 2 heterocycles. The minimum atomic E-state index is 0.526. The van der Waals surface area contributed by atoms with Crippen molar-refractivity contribution in [1.82, 2.24) is 10.3 Å².